The molecule has 0 amide bonds. The maximum absolute atomic E-state index is 3.35. The van der Waals surface area contributed by atoms with Gasteiger partial charge in [-0.2, -0.15) is 0 Å². The van der Waals surface area contributed by atoms with E-state index in [9.17, 15) is 0 Å². The Balaban J connectivity index is 1.90. The summed E-state index contributed by atoms with van der Waals surface area (Å²) >= 11 is 0. The Labute approximate surface area is 79.6 Å². The normalized spacial score (nSPS) is 18.8. The molecule has 1 aromatic rings. The molecule has 2 heteroatoms. The van der Waals surface area contributed by atoms with Crippen LogP contribution in [0.2, 0.25) is 0 Å². The van der Waals surface area contributed by atoms with E-state index in [1.807, 2.05) is 6.07 Å². The summed E-state index contributed by atoms with van der Waals surface area (Å²) in [5.41, 5.74) is 1.37. The second-order valence-electron chi connectivity index (χ2n) is 3.44. The van der Waals surface area contributed by atoms with Gasteiger partial charge in [-0.15, -0.1) is 0 Å². The molecule has 1 aromatic carbocycles. The van der Waals surface area contributed by atoms with Crippen LogP contribution in [-0.2, 0) is 6.54 Å². The van der Waals surface area contributed by atoms with Crippen LogP contribution >= 0.6 is 0 Å². The molecule has 69 valence electrons. The van der Waals surface area contributed by atoms with Crippen molar-refractivity contribution in [3.63, 3.8) is 0 Å². The molecule has 1 fully saturated rings. The van der Waals surface area contributed by atoms with Gasteiger partial charge in [0, 0.05) is 32.7 Å². The summed E-state index contributed by atoms with van der Waals surface area (Å²) in [7, 11) is 0. The third-order valence-corrected chi connectivity index (χ3v) is 2.39. The molecule has 0 aliphatic carbocycles. The minimum atomic E-state index is 1.07. The van der Waals surface area contributed by atoms with E-state index in [-0.39, 0.29) is 0 Å². The number of nitrogens with zero attached hydrogens (tertiary/aromatic N) is 1. The molecule has 1 saturated heterocycles. The molecule has 2 nitrogen and oxygen atoms in total. The predicted octanol–water partition coefficient (Wildman–Crippen LogP) is 0.892. The van der Waals surface area contributed by atoms with Crippen LogP contribution in [0.1, 0.15) is 5.56 Å². The lowest BCUT2D eigenvalue weighted by atomic mass is 10.2. The Kier molecular flexibility index (Phi) is 2.95. The number of hydrogen-bond donors (Lipinski definition) is 1. The molecule has 1 aliphatic heterocycles. The zero-order valence-electron chi connectivity index (χ0n) is 7.79. The van der Waals surface area contributed by atoms with Gasteiger partial charge >= 0.3 is 0 Å². The molecule has 1 N–H and O–H groups in total. The maximum atomic E-state index is 3.35. The first-order valence-electron chi connectivity index (χ1n) is 4.83. The smallest absolute Gasteiger partial charge is 0.0235 e. The van der Waals surface area contributed by atoms with Gasteiger partial charge in [0.1, 0.15) is 0 Å². The Morgan fingerprint density at radius 1 is 1.38 bits per heavy atom. The molecule has 0 aromatic heterocycles. The van der Waals surface area contributed by atoms with Crippen LogP contribution in [0.3, 0.4) is 0 Å². The van der Waals surface area contributed by atoms with Gasteiger partial charge in [-0.05, 0) is 17.7 Å². The first-order valence-corrected chi connectivity index (χ1v) is 4.83. The van der Waals surface area contributed by atoms with Crippen molar-refractivity contribution in [2.45, 2.75) is 6.54 Å². The monoisotopic (exact) mass is 175 g/mol. The lowest BCUT2D eigenvalue weighted by Crippen LogP contribution is -2.42. The van der Waals surface area contributed by atoms with E-state index in [0.29, 0.717) is 0 Å². The van der Waals surface area contributed by atoms with E-state index in [4.69, 9.17) is 0 Å². The Morgan fingerprint density at radius 3 is 2.92 bits per heavy atom. The zero-order valence-corrected chi connectivity index (χ0v) is 7.79. The highest BCUT2D eigenvalue weighted by atomic mass is 15.2. The van der Waals surface area contributed by atoms with E-state index < -0.39 is 0 Å². The van der Waals surface area contributed by atoms with Crippen LogP contribution in [-0.4, -0.2) is 31.1 Å². The van der Waals surface area contributed by atoms with E-state index in [2.05, 4.69) is 34.5 Å². The van der Waals surface area contributed by atoms with E-state index in [0.717, 1.165) is 32.7 Å². The Bertz CT molecular complexity index is 240. The summed E-state index contributed by atoms with van der Waals surface area (Å²) in [6, 6.07) is 11.3. The summed E-state index contributed by atoms with van der Waals surface area (Å²) in [6.45, 7) is 5.63. The van der Waals surface area contributed by atoms with Crippen molar-refractivity contribution in [1.29, 1.82) is 0 Å². The van der Waals surface area contributed by atoms with Crippen LogP contribution in [0, 0.1) is 6.07 Å². The number of benzene rings is 1. The lowest BCUT2D eigenvalue weighted by molar-refractivity contribution is 0.233. The number of rotatable bonds is 2. The standard InChI is InChI=1S/C11H15N2/c1-2-4-11(5-3-1)10-13-8-6-12-7-9-13/h1-2,4-5,12H,6-10H2. The minimum absolute atomic E-state index is 1.07. The van der Waals surface area contributed by atoms with Crippen molar-refractivity contribution < 1.29 is 0 Å². The van der Waals surface area contributed by atoms with E-state index in [1.165, 1.54) is 5.56 Å². The third kappa shape index (κ3) is 2.54. The molecule has 2 rings (SSSR count). The fourth-order valence-corrected chi connectivity index (χ4v) is 1.66. The van der Waals surface area contributed by atoms with Crippen molar-refractivity contribution in [2.75, 3.05) is 26.2 Å². The van der Waals surface area contributed by atoms with Crippen LogP contribution in [0.25, 0.3) is 0 Å². The largest absolute Gasteiger partial charge is 0.314 e. The molecule has 1 heterocycles. The van der Waals surface area contributed by atoms with Crippen molar-refractivity contribution in [3.8, 4) is 0 Å². The van der Waals surface area contributed by atoms with Gasteiger partial charge in [0.25, 0.3) is 0 Å². The van der Waals surface area contributed by atoms with Crippen LogP contribution in [0.4, 0.5) is 0 Å². The van der Waals surface area contributed by atoms with Crippen LogP contribution in [0.5, 0.6) is 0 Å². The minimum Gasteiger partial charge on any atom is -0.314 e. The van der Waals surface area contributed by atoms with Crippen molar-refractivity contribution in [2.24, 2.45) is 0 Å². The van der Waals surface area contributed by atoms with Gasteiger partial charge in [0.05, 0.1) is 0 Å². The SMILES string of the molecule is [c]1cccc(CN2CCNCC2)c1. The van der Waals surface area contributed by atoms with Gasteiger partial charge in [-0.1, -0.05) is 18.2 Å². The van der Waals surface area contributed by atoms with Gasteiger partial charge in [0.15, 0.2) is 0 Å². The van der Waals surface area contributed by atoms with Gasteiger partial charge < -0.3 is 5.32 Å². The van der Waals surface area contributed by atoms with Crippen molar-refractivity contribution in [3.05, 3.63) is 35.9 Å². The first kappa shape index (κ1) is 8.73. The quantitative estimate of drug-likeness (QED) is 0.718. The molecule has 0 saturated carbocycles. The summed E-state index contributed by atoms with van der Waals surface area (Å²) in [6.07, 6.45) is 0. The fraction of sp³-hybridized carbons (Fsp3) is 0.455. The molecule has 0 atom stereocenters. The molecule has 1 radical (unpaired) electrons. The Hall–Kier alpha value is -0.860. The summed E-state index contributed by atoms with van der Waals surface area (Å²) in [5, 5.41) is 3.35. The summed E-state index contributed by atoms with van der Waals surface area (Å²) in [5.74, 6) is 0. The average Bonchev–Trinajstić information content (AvgIpc) is 2.21. The highest BCUT2D eigenvalue weighted by molar-refractivity contribution is 5.13. The van der Waals surface area contributed by atoms with Gasteiger partial charge in [-0.25, -0.2) is 0 Å². The van der Waals surface area contributed by atoms with Crippen LogP contribution < -0.4 is 5.32 Å². The maximum Gasteiger partial charge on any atom is 0.0235 e. The second-order valence-corrected chi connectivity index (χ2v) is 3.44. The first-order chi connectivity index (χ1) is 6.45. The Morgan fingerprint density at radius 2 is 2.23 bits per heavy atom. The molecular formula is C11H15N2. The summed E-state index contributed by atoms with van der Waals surface area (Å²) in [4.78, 5) is 2.47. The molecule has 0 spiro atoms. The highest BCUT2D eigenvalue weighted by Gasteiger charge is 2.08. The number of nitrogens with one attached hydrogen (secondary N) is 1. The van der Waals surface area contributed by atoms with Gasteiger partial charge in [0.2, 0.25) is 0 Å². The molecule has 0 unspecified atom stereocenters. The molecule has 1 aliphatic rings. The zero-order chi connectivity index (χ0) is 8.93. The predicted molar refractivity (Wildman–Crippen MR) is 53.4 cm³/mol. The van der Waals surface area contributed by atoms with Crippen molar-refractivity contribution in [1.82, 2.24) is 10.2 Å². The third-order valence-electron chi connectivity index (χ3n) is 2.39. The fourth-order valence-electron chi connectivity index (χ4n) is 1.66. The molecule has 13 heavy (non-hydrogen) atoms. The second kappa shape index (κ2) is 4.40. The number of hydrogen-bond acceptors (Lipinski definition) is 2. The van der Waals surface area contributed by atoms with Crippen molar-refractivity contribution >= 4 is 0 Å². The van der Waals surface area contributed by atoms with E-state index >= 15 is 0 Å². The average molecular weight is 175 g/mol. The van der Waals surface area contributed by atoms with Crippen LogP contribution in [0.15, 0.2) is 24.3 Å². The number of piperazine rings is 1. The molecule has 0 bridgehead atoms. The topological polar surface area (TPSA) is 15.3 Å². The lowest BCUT2D eigenvalue weighted by Gasteiger charge is -2.27. The highest BCUT2D eigenvalue weighted by Crippen LogP contribution is 2.04. The van der Waals surface area contributed by atoms with E-state index in [1.54, 1.807) is 0 Å². The molecular weight excluding hydrogens is 160 g/mol. The summed E-state index contributed by atoms with van der Waals surface area (Å²) < 4.78 is 0. The van der Waals surface area contributed by atoms with Gasteiger partial charge in [-0.3, -0.25) is 4.90 Å².